The molecular weight excluding hydrogens is 392 g/mol. The first-order valence-electron chi connectivity index (χ1n) is 10.1. The molecule has 30 heavy (non-hydrogen) atoms. The first-order valence-corrected chi connectivity index (χ1v) is 11.0. The molecule has 2 N–H and O–H groups in total. The summed E-state index contributed by atoms with van der Waals surface area (Å²) in [6, 6.07) is 13.2. The summed E-state index contributed by atoms with van der Waals surface area (Å²) < 4.78 is 0. The average Bonchev–Trinajstić information content (AvgIpc) is 3.14. The Balaban J connectivity index is 1.88. The van der Waals surface area contributed by atoms with Gasteiger partial charge in [0.2, 0.25) is 0 Å². The molecule has 1 amide bonds. The summed E-state index contributed by atoms with van der Waals surface area (Å²) in [6.45, 7) is 13.0. The molecule has 0 atom stereocenters. The van der Waals surface area contributed by atoms with Gasteiger partial charge in [0.05, 0.1) is 12.2 Å². The fraction of sp³-hybridized carbons (Fsp3) is 0.360. The van der Waals surface area contributed by atoms with Crippen molar-refractivity contribution >= 4 is 17.2 Å². The van der Waals surface area contributed by atoms with Crippen LogP contribution in [0, 0.1) is 0 Å². The number of phenolic OH excluding ortho intramolecular Hbond substituents is 1. The average molecular weight is 423 g/mol. The van der Waals surface area contributed by atoms with Gasteiger partial charge in [-0.25, -0.2) is 4.98 Å². The number of hydrogen-bond donors (Lipinski definition) is 2. The van der Waals surface area contributed by atoms with Crippen molar-refractivity contribution in [2.75, 3.05) is 0 Å². The number of benzene rings is 2. The van der Waals surface area contributed by atoms with E-state index < -0.39 is 0 Å². The number of aromatic nitrogens is 1. The Hall–Kier alpha value is -2.66. The van der Waals surface area contributed by atoms with E-state index in [2.05, 4.69) is 46.9 Å². The maximum absolute atomic E-state index is 12.3. The van der Waals surface area contributed by atoms with Crippen LogP contribution >= 0.6 is 11.3 Å². The summed E-state index contributed by atoms with van der Waals surface area (Å²) in [5, 5.41) is 16.7. The minimum Gasteiger partial charge on any atom is -0.507 e. The Morgan fingerprint density at radius 3 is 2.10 bits per heavy atom. The van der Waals surface area contributed by atoms with Crippen LogP contribution in [0.15, 0.2) is 47.8 Å². The van der Waals surface area contributed by atoms with Gasteiger partial charge in [-0.1, -0.05) is 59.7 Å². The predicted molar refractivity (Wildman–Crippen MR) is 124 cm³/mol. The van der Waals surface area contributed by atoms with Gasteiger partial charge in [-0.05, 0) is 35.1 Å². The predicted octanol–water partition coefficient (Wildman–Crippen LogP) is 6.04. The minimum absolute atomic E-state index is 0.109. The van der Waals surface area contributed by atoms with Gasteiger partial charge in [0.25, 0.3) is 5.91 Å². The zero-order valence-corrected chi connectivity index (χ0v) is 19.4. The molecule has 0 radical (unpaired) electrons. The van der Waals surface area contributed by atoms with Gasteiger partial charge in [0.15, 0.2) is 0 Å². The van der Waals surface area contributed by atoms with E-state index in [1.165, 1.54) is 11.3 Å². The fourth-order valence-electron chi connectivity index (χ4n) is 3.30. The molecule has 5 heteroatoms. The van der Waals surface area contributed by atoms with E-state index in [-0.39, 0.29) is 16.7 Å². The van der Waals surface area contributed by atoms with Crippen LogP contribution in [0.1, 0.15) is 68.0 Å². The van der Waals surface area contributed by atoms with Gasteiger partial charge in [-0.2, -0.15) is 0 Å². The first kappa shape index (κ1) is 22.0. The highest BCUT2D eigenvalue weighted by Gasteiger charge is 2.27. The Morgan fingerprint density at radius 2 is 1.57 bits per heavy atom. The lowest BCUT2D eigenvalue weighted by atomic mass is 9.78. The molecule has 3 aromatic rings. The smallest absolute Gasteiger partial charge is 0.251 e. The lowest BCUT2D eigenvalue weighted by Gasteiger charge is -2.28. The fourth-order valence-corrected chi connectivity index (χ4v) is 4.04. The van der Waals surface area contributed by atoms with Gasteiger partial charge >= 0.3 is 0 Å². The number of amides is 1. The van der Waals surface area contributed by atoms with Crippen molar-refractivity contribution in [3.63, 3.8) is 0 Å². The molecule has 0 saturated carbocycles. The van der Waals surface area contributed by atoms with Crippen LogP contribution in [0.5, 0.6) is 5.75 Å². The van der Waals surface area contributed by atoms with Crippen molar-refractivity contribution in [3.05, 3.63) is 69.5 Å². The molecule has 0 aliphatic rings. The second kappa shape index (κ2) is 8.23. The highest BCUT2D eigenvalue weighted by molar-refractivity contribution is 7.09. The van der Waals surface area contributed by atoms with E-state index >= 15 is 0 Å². The van der Waals surface area contributed by atoms with Crippen molar-refractivity contribution in [1.29, 1.82) is 0 Å². The minimum atomic E-state index is -0.192. The highest BCUT2D eigenvalue weighted by Crippen LogP contribution is 2.42. The molecule has 158 valence electrons. The largest absolute Gasteiger partial charge is 0.507 e. The van der Waals surface area contributed by atoms with Crippen LogP contribution in [0.2, 0.25) is 0 Å². The normalized spacial score (nSPS) is 12.1. The third kappa shape index (κ3) is 4.90. The molecule has 0 aliphatic heterocycles. The van der Waals surface area contributed by atoms with Gasteiger partial charge in [-0.3, -0.25) is 4.79 Å². The van der Waals surface area contributed by atoms with Gasteiger partial charge in [0, 0.05) is 27.6 Å². The topological polar surface area (TPSA) is 62.2 Å². The van der Waals surface area contributed by atoms with Crippen molar-refractivity contribution in [1.82, 2.24) is 10.3 Å². The molecule has 1 heterocycles. The lowest BCUT2D eigenvalue weighted by Crippen LogP contribution is -2.22. The van der Waals surface area contributed by atoms with Crippen LogP contribution < -0.4 is 5.32 Å². The Bertz CT molecular complexity index is 1010. The molecule has 0 aliphatic carbocycles. The second-order valence-electron chi connectivity index (χ2n) is 9.60. The summed E-state index contributed by atoms with van der Waals surface area (Å²) >= 11 is 1.52. The molecule has 2 aromatic carbocycles. The second-order valence-corrected chi connectivity index (χ2v) is 10.5. The van der Waals surface area contributed by atoms with Gasteiger partial charge in [0.1, 0.15) is 10.8 Å². The number of aromatic hydroxyl groups is 1. The molecule has 0 spiro atoms. The van der Waals surface area contributed by atoms with Crippen molar-refractivity contribution < 1.29 is 9.90 Å². The van der Waals surface area contributed by atoms with Crippen LogP contribution in [-0.2, 0) is 17.4 Å². The van der Waals surface area contributed by atoms with Crippen LogP contribution in [0.4, 0.5) is 0 Å². The van der Waals surface area contributed by atoms with Crippen molar-refractivity contribution in [2.45, 2.75) is 58.9 Å². The van der Waals surface area contributed by atoms with Gasteiger partial charge < -0.3 is 10.4 Å². The standard InChI is InChI=1S/C25H30N2O2S/c1-24(2,3)18-12-17(13-19(22(18)28)25(4,5)6)20-15-30-21(27-20)14-26-23(29)16-10-8-7-9-11-16/h7-13,15,28H,14H2,1-6H3,(H,26,29). The number of rotatable bonds is 4. The molecule has 0 bridgehead atoms. The molecule has 3 rings (SSSR count). The van der Waals surface area contributed by atoms with E-state index in [1.54, 1.807) is 12.1 Å². The van der Waals surface area contributed by atoms with E-state index in [4.69, 9.17) is 4.98 Å². The number of nitrogens with one attached hydrogen (secondary N) is 1. The van der Waals surface area contributed by atoms with E-state index in [0.717, 1.165) is 27.4 Å². The van der Waals surface area contributed by atoms with Crippen LogP contribution in [0.3, 0.4) is 0 Å². The quantitative estimate of drug-likeness (QED) is 0.539. The summed E-state index contributed by atoms with van der Waals surface area (Å²) in [7, 11) is 0. The third-order valence-corrected chi connectivity index (χ3v) is 5.86. The zero-order valence-electron chi connectivity index (χ0n) is 18.5. The summed E-state index contributed by atoms with van der Waals surface area (Å²) in [6.07, 6.45) is 0. The summed E-state index contributed by atoms with van der Waals surface area (Å²) in [4.78, 5) is 17.0. The van der Waals surface area contributed by atoms with Gasteiger partial charge in [-0.15, -0.1) is 11.3 Å². The molecule has 0 unspecified atom stereocenters. The molecular formula is C25H30N2O2S. The molecule has 0 saturated heterocycles. The number of thiazole rings is 1. The van der Waals surface area contributed by atoms with Crippen molar-refractivity contribution in [3.8, 4) is 17.0 Å². The number of phenols is 1. The molecule has 0 fully saturated rings. The Morgan fingerprint density at radius 1 is 1.00 bits per heavy atom. The lowest BCUT2D eigenvalue weighted by molar-refractivity contribution is 0.0951. The number of carbonyl (C=O) groups excluding carboxylic acids is 1. The van der Waals surface area contributed by atoms with Crippen LogP contribution in [0.25, 0.3) is 11.3 Å². The number of nitrogens with zero attached hydrogens (tertiary/aromatic N) is 1. The summed E-state index contributed by atoms with van der Waals surface area (Å²) in [5.41, 5.74) is 3.93. The van der Waals surface area contributed by atoms with Crippen LogP contribution in [-0.4, -0.2) is 16.0 Å². The number of hydrogen-bond acceptors (Lipinski definition) is 4. The third-order valence-electron chi connectivity index (χ3n) is 5.01. The van der Waals surface area contributed by atoms with E-state index in [1.807, 2.05) is 35.7 Å². The van der Waals surface area contributed by atoms with E-state index in [9.17, 15) is 9.90 Å². The highest BCUT2D eigenvalue weighted by atomic mass is 32.1. The summed E-state index contributed by atoms with van der Waals surface area (Å²) in [5.74, 6) is 0.256. The zero-order chi connectivity index (χ0) is 22.1. The Labute approximate surface area is 183 Å². The van der Waals surface area contributed by atoms with E-state index in [0.29, 0.717) is 17.9 Å². The SMILES string of the molecule is CC(C)(C)c1cc(-c2csc(CNC(=O)c3ccccc3)n2)cc(C(C)(C)C)c1O. The Kier molecular flexibility index (Phi) is 6.04. The maximum atomic E-state index is 12.3. The molecule has 4 nitrogen and oxygen atoms in total. The first-order chi connectivity index (χ1) is 14.0. The monoisotopic (exact) mass is 422 g/mol. The number of carbonyl (C=O) groups is 1. The maximum Gasteiger partial charge on any atom is 0.251 e. The van der Waals surface area contributed by atoms with Crippen molar-refractivity contribution in [2.24, 2.45) is 0 Å². The molecule has 1 aromatic heterocycles.